The Hall–Kier alpha value is -2.93. The van der Waals surface area contributed by atoms with E-state index in [4.69, 9.17) is 11.6 Å². The topological polar surface area (TPSA) is 101 Å². The van der Waals surface area contributed by atoms with E-state index in [0.29, 0.717) is 5.02 Å². The minimum absolute atomic E-state index is 0.0811. The van der Waals surface area contributed by atoms with E-state index in [0.717, 1.165) is 5.56 Å². The highest BCUT2D eigenvalue weighted by Crippen LogP contribution is 2.12. The minimum atomic E-state index is -0.565. The molecule has 0 saturated carbocycles. The molecule has 0 fully saturated rings. The van der Waals surface area contributed by atoms with Crippen molar-refractivity contribution in [2.45, 2.75) is 6.42 Å². The number of hydrogen-bond donors (Lipinski definition) is 2. The highest BCUT2D eigenvalue weighted by molar-refractivity contribution is 6.30. The molecule has 0 aliphatic rings. The van der Waals surface area contributed by atoms with Gasteiger partial charge in [-0.05, 0) is 29.8 Å². The normalized spacial score (nSPS) is 9.96. The molecule has 7 nitrogen and oxygen atoms in total. The van der Waals surface area contributed by atoms with Crippen LogP contribution in [0.1, 0.15) is 15.9 Å². The highest BCUT2D eigenvalue weighted by Gasteiger charge is 2.10. The number of rotatable bonds is 4. The quantitative estimate of drug-likeness (QED) is 0.661. The zero-order chi connectivity index (χ0) is 16.8. The third-order valence-electron chi connectivity index (χ3n) is 2.93. The Labute approximate surface area is 136 Å². The first-order valence-corrected chi connectivity index (χ1v) is 6.91. The first kappa shape index (κ1) is 16.4. The van der Waals surface area contributed by atoms with E-state index in [1.165, 1.54) is 24.3 Å². The van der Waals surface area contributed by atoms with Crippen LogP contribution in [0, 0.1) is 10.1 Å². The maximum absolute atomic E-state index is 11.8. The standard InChI is InChI=1S/C15H12ClN3O4/c16-12-5-1-10(2-6-12)9-14(20)17-18-15(21)11-3-7-13(8-4-11)19(22)23/h1-8H,9H2,(H,17,20)(H,18,21). The molecule has 0 radical (unpaired) electrons. The number of carbonyl (C=O) groups is 2. The summed E-state index contributed by atoms with van der Waals surface area (Å²) in [6.07, 6.45) is 0.0811. The molecule has 0 spiro atoms. The van der Waals surface area contributed by atoms with Gasteiger partial charge in [-0.15, -0.1) is 0 Å². The first-order chi connectivity index (χ1) is 11.0. The second-order valence-corrected chi connectivity index (χ2v) is 5.05. The molecule has 2 amide bonds. The molecule has 23 heavy (non-hydrogen) atoms. The third-order valence-corrected chi connectivity index (χ3v) is 3.19. The van der Waals surface area contributed by atoms with Crippen LogP contribution in [-0.4, -0.2) is 16.7 Å². The average molecular weight is 334 g/mol. The summed E-state index contributed by atoms with van der Waals surface area (Å²) in [6.45, 7) is 0. The Balaban J connectivity index is 1.87. The van der Waals surface area contributed by atoms with Crippen molar-refractivity contribution in [1.82, 2.24) is 10.9 Å². The van der Waals surface area contributed by atoms with Crippen molar-refractivity contribution < 1.29 is 14.5 Å². The van der Waals surface area contributed by atoms with Gasteiger partial charge in [0.1, 0.15) is 0 Å². The predicted octanol–water partition coefficient (Wildman–Crippen LogP) is 2.25. The average Bonchev–Trinajstić information content (AvgIpc) is 2.55. The molecule has 2 rings (SSSR count). The summed E-state index contributed by atoms with van der Waals surface area (Å²) in [5.74, 6) is -0.966. The van der Waals surface area contributed by atoms with E-state index in [1.807, 2.05) is 0 Å². The lowest BCUT2D eigenvalue weighted by Crippen LogP contribution is -2.42. The Bertz CT molecular complexity index is 729. The van der Waals surface area contributed by atoms with E-state index in [9.17, 15) is 19.7 Å². The minimum Gasteiger partial charge on any atom is -0.273 e. The van der Waals surface area contributed by atoms with Crippen molar-refractivity contribution in [3.8, 4) is 0 Å². The van der Waals surface area contributed by atoms with E-state index in [-0.39, 0.29) is 17.7 Å². The van der Waals surface area contributed by atoms with Crippen molar-refractivity contribution in [2.75, 3.05) is 0 Å². The van der Waals surface area contributed by atoms with Gasteiger partial charge in [-0.3, -0.25) is 30.6 Å². The van der Waals surface area contributed by atoms with Crippen LogP contribution < -0.4 is 10.9 Å². The molecule has 0 heterocycles. The fourth-order valence-corrected chi connectivity index (χ4v) is 1.89. The maximum atomic E-state index is 11.8. The molecule has 0 aliphatic carbocycles. The molecule has 0 aliphatic heterocycles. The lowest BCUT2D eigenvalue weighted by atomic mass is 10.1. The number of amides is 2. The van der Waals surface area contributed by atoms with E-state index in [1.54, 1.807) is 24.3 Å². The fourth-order valence-electron chi connectivity index (χ4n) is 1.77. The van der Waals surface area contributed by atoms with E-state index >= 15 is 0 Å². The Morgan fingerprint density at radius 3 is 2.17 bits per heavy atom. The number of halogens is 1. The number of non-ortho nitro benzene ring substituents is 1. The molecular weight excluding hydrogens is 322 g/mol. The molecular formula is C15H12ClN3O4. The highest BCUT2D eigenvalue weighted by atomic mass is 35.5. The van der Waals surface area contributed by atoms with Crippen LogP contribution in [0.5, 0.6) is 0 Å². The van der Waals surface area contributed by atoms with Gasteiger partial charge in [-0.2, -0.15) is 0 Å². The molecule has 118 valence electrons. The van der Waals surface area contributed by atoms with Crippen LogP contribution in [0.25, 0.3) is 0 Å². The van der Waals surface area contributed by atoms with Gasteiger partial charge in [0.2, 0.25) is 5.91 Å². The Kier molecular flexibility index (Phi) is 5.27. The number of benzene rings is 2. The molecule has 2 N–H and O–H groups in total. The van der Waals surface area contributed by atoms with Crippen molar-refractivity contribution in [2.24, 2.45) is 0 Å². The number of nitrogens with zero attached hydrogens (tertiary/aromatic N) is 1. The summed E-state index contributed by atoms with van der Waals surface area (Å²) in [5, 5.41) is 11.1. The van der Waals surface area contributed by atoms with Crippen LogP contribution in [0.15, 0.2) is 48.5 Å². The molecule has 0 bridgehead atoms. The van der Waals surface area contributed by atoms with Crippen molar-refractivity contribution in [3.05, 3.63) is 74.8 Å². The number of hydrogen-bond acceptors (Lipinski definition) is 4. The van der Waals surface area contributed by atoms with Gasteiger partial charge in [-0.25, -0.2) is 0 Å². The zero-order valence-corrected chi connectivity index (χ0v) is 12.5. The predicted molar refractivity (Wildman–Crippen MR) is 83.9 cm³/mol. The van der Waals surface area contributed by atoms with Crippen molar-refractivity contribution in [1.29, 1.82) is 0 Å². The van der Waals surface area contributed by atoms with Crippen LogP contribution >= 0.6 is 11.6 Å². The van der Waals surface area contributed by atoms with Gasteiger partial charge in [0.25, 0.3) is 11.6 Å². The van der Waals surface area contributed by atoms with Gasteiger partial charge in [0.15, 0.2) is 0 Å². The zero-order valence-electron chi connectivity index (χ0n) is 11.8. The van der Waals surface area contributed by atoms with Crippen LogP contribution in [0.3, 0.4) is 0 Å². The molecule has 2 aromatic carbocycles. The maximum Gasteiger partial charge on any atom is 0.269 e. The Morgan fingerprint density at radius 1 is 1.00 bits per heavy atom. The monoisotopic (exact) mass is 333 g/mol. The number of nitrogens with one attached hydrogen (secondary N) is 2. The van der Waals surface area contributed by atoms with Crippen LogP contribution in [-0.2, 0) is 11.2 Å². The summed E-state index contributed by atoms with van der Waals surface area (Å²) in [5.41, 5.74) is 5.35. The largest absolute Gasteiger partial charge is 0.273 e. The van der Waals surface area contributed by atoms with Crippen LogP contribution in [0.4, 0.5) is 5.69 Å². The molecule has 0 aromatic heterocycles. The summed E-state index contributed by atoms with van der Waals surface area (Å²) < 4.78 is 0. The molecule has 2 aromatic rings. The fraction of sp³-hybridized carbons (Fsp3) is 0.0667. The summed E-state index contributed by atoms with van der Waals surface area (Å²) >= 11 is 5.75. The van der Waals surface area contributed by atoms with Crippen molar-refractivity contribution in [3.63, 3.8) is 0 Å². The number of hydrazine groups is 1. The lowest BCUT2D eigenvalue weighted by Gasteiger charge is -2.07. The van der Waals surface area contributed by atoms with Gasteiger partial charge in [0, 0.05) is 22.7 Å². The molecule has 0 saturated heterocycles. The number of nitro benzene ring substituents is 1. The van der Waals surface area contributed by atoms with Gasteiger partial charge >= 0.3 is 0 Å². The van der Waals surface area contributed by atoms with Gasteiger partial charge in [0.05, 0.1) is 11.3 Å². The smallest absolute Gasteiger partial charge is 0.269 e. The summed E-state index contributed by atoms with van der Waals surface area (Å²) in [7, 11) is 0. The second-order valence-electron chi connectivity index (χ2n) is 4.61. The number of nitro groups is 1. The SMILES string of the molecule is O=C(Cc1ccc(Cl)cc1)NNC(=O)c1ccc([N+](=O)[O-])cc1. The molecule has 8 heteroatoms. The molecule has 0 unspecified atom stereocenters. The third kappa shape index (κ3) is 4.79. The second kappa shape index (κ2) is 7.37. The van der Waals surface area contributed by atoms with Crippen molar-refractivity contribution >= 4 is 29.1 Å². The first-order valence-electron chi connectivity index (χ1n) is 6.54. The van der Waals surface area contributed by atoms with Gasteiger partial charge in [-0.1, -0.05) is 23.7 Å². The lowest BCUT2D eigenvalue weighted by molar-refractivity contribution is -0.384. The van der Waals surface area contributed by atoms with Gasteiger partial charge < -0.3 is 0 Å². The van der Waals surface area contributed by atoms with E-state index in [2.05, 4.69) is 10.9 Å². The number of carbonyl (C=O) groups excluding carboxylic acids is 2. The summed E-state index contributed by atoms with van der Waals surface area (Å²) in [6, 6.07) is 11.8. The molecule has 0 atom stereocenters. The van der Waals surface area contributed by atoms with Crippen LogP contribution in [0.2, 0.25) is 5.02 Å². The van der Waals surface area contributed by atoms with E-state index < -0.39 is 16.7 Å². The summed E-state index contributed by atoms with van der Waals surface area (Å²) in [4.78, 5) is 33.5. The Morgan fingerprint density at radius 2 is 1.61 bits per heavy atom.